The highest BCUT2D eigenvalue weighted by Gasteiger charge is 2.13. The Morgan fingerprint density at radius 2 is 2.16 bits per heavy atom. The molecule has 0 saturated heterocycles. The highest BCUT2D eigenvalue weighted by molar-refractivity contribution is 5.93. The zero-order chi connectivity index (χ0) is 14.4. The number of hydrogen-bond donors (Lipinski definition) is 0. The summed E-state index contributed by atoms with van der Waals surface area (Å²) < 4.78 is 4.71. The molecule has 0 aliphatic carbocycles. The Kier molecular flexibility index (Phi) is 5.23. The molecule has 5 heteroatoms. The van der Waals surface area contributed by atoms with Crippen molar-refractivity contribution in [2.75, 3.05) is 7.11 Å². The molecule has 19 heavy (non-hydrogen) atoms. The van der Waals surface area contributed by atoms with Crippen molar-refractivity contribution in [1.29, 1.82) is 0 Å². The molecule has 1 aromatic carbocycles. The summed E-state index contributed by atoms with van der Waals surface area (Å²) in [4.78, 5) is 21.9. The molecule has 0 atom stereocenters. The van der Waals surface area contributed by atoms with Gasteiger partial charge in [-0.2, -0.15) is 0 Å². The molecule has 5 nitrogen and oxygen atoms in total. The third-order valence-electron chi connectivity index (χ3n) is 2.71. The summed E-state index contributed by atoms with van der Waals surface area (Å²) in [7, 11) is 1.29. The van der Waals surface area contributed by atoms with Crippen molar-refractivity contribution in [2.45, 2.75) is 26.7 Å². The molecule has 0 saturated carbocycles. The summed E-state index contributed by atoms with van der Waals surface area (Å²) in [5, 5.41) is 10.6. The van der Waals surface area contributed by atoms with Gasteiger partial charge in [0.2, 0.25) is 5.70 Å². The summed E-state index contributed by atoms with van der Waals surface area (Å²) in [6.45, 7) is 3.43. The van der Waals surface area contributed by atoms with Gasteiger partial charge in [0.25, 0.3) is 0 Å². The number of aryl methyl sites for hydroxylation is 1. The van der Waals surface area contributed by atoms with Crippen LogP contribution in [0.15, 0.2) is 23.9 Å². The number of nitrogens with zero attached hydrogens (tertiary/aromatic N) is 1. The van der Waals surface area contributed by atoms with Gasteiger partial charge in [-0.25, -0.2) is 4.79 Å². The van der Waals surface area contributed by atoms with Crippen LogP contribution < -0.4 is 0 Å². The predicted octanol–water partition coefficient (Wildman–Crippen LogP) is 3.06. The molecule has 102 valence electrons. The van der Waals surface area contributed by atoms with Gasteiger partial charge in [0.1, 0.15) is 0 Å². The fraction of sp³-hybridized carbons (Fsp3) is 0.357. The maximum absolute atomic E-state index is 11.7. The predicted molar refractivity (Wildman–Crippen MR) is 72.4 cm³/mol. The molecule has 0 radical (unpaired) electrons. The standard InChI is InChI=1S/C14H17NO4/c1-4-5-11-6-7-12(8-10(2)15(17)18)13(9-11)14(16)19-3/h6-9H,4-5H2,1-3H3. The van der Waals surface area contributed by atoms with Gasteiger partial charge in [-0.15, -0.1) is 0 Å². The second kappa shape index (κ2) is 6.68. The van der Waals surface area contributed by atoms with E-state index in [0.29, 0.717) is 11.1 Å². The van der Waals surface area contributed by atoms with Crippen molar-refractivity contribution in [3.8, 4) is 0 Å². The first-order chi connectivity index (χ1) is 8.99. The first-order valence-corrected chi connectivity index (χ1v) is 6.03. The average Bonchev–Trinajstić information content (AvgIpc) is 2.39. The van der Waals surface area contributed by atoms with Gasteiger partial charge in [0.05, 0.1) is 17.6 Å². The molecule has 0 spiro atoms. The minimum absolute atomic E-state index is 0.0200. The molecule has 0 heterocycles. The van der Waals surface area contributed by atoms with E-state index in [1.165, 1.54) is 20.1 Å². The van der Waals surface area contributed by atoms with Crippen LogP contribution in [-0.2, 0) is 11.2 Å². The summed E-state index contributed by atoms with van der Waals surface area (Å²) >= 11 is 0. The van der Waals surface area contributed by atoms with Crippen LogP contribution in [0.4, 0.5) is 0 Å². The molecule has 0 amide bonds. The lowest BCUT2D eigenvalue weighted by molar-refractivity contribution is -0.422. The van der Waals surface area contributed by atoms with Gasteiger partial charge in [0.15, 0.2) is 0 Å². The minimum Gasteiger partial charge on any atom is -0.465 e. The van der Waals surface area contributed by atoms with Crippen LogP contribution in [0.1, 0.15) is 41.8 Å². The van der Waals surface area contributed by atoms with Crippen LogP contribution in [-0.4, -0.2) is 18.0 Å². The lowest BCUT2D eigenvalue weighted by atomic mass is 10.0. The molecular formula is C14H17NO4. The van der Waals surface area contributed by atoms with Crippen molar-refractivity contribution < 1.29 is 14.5 Å². The number of carbonyl (C=O) groups excluding carboxylic acids is 1. The van der Waals surface area contributed by atoms with Crippen LogP contribution in [0.3, 0.4) is 0 Å². The van der Waals surface area contributed by atoms with Crippen LogP contribution in [0.25, 0.3) is 6.08 Å². The SMILES string of the molecule is CCCc1ccc(C=C(C)[N+](=O)[O-])c(C(=O)OC)c1. The Labute approximate surface area is 112 Å². The van der Waals surface area contributed by atoms with Gasteiger partial charge >= 0.3 is 5.97 Å². The molecule has 1 aromatic rings. The summed E-state index contributed by atoms with van der Waals surface area (Å²) in [6, 6.07) is 5.31. The van der Waals surface area contributed by atoms with E-state index in [0.717, 1.165) is 18.4 Å². The van der Waals surface area contributed by atoms with Crippen molar-refractivity contribution in [3.63, 3.8) is 0 Å². The summed E-state index contributed by atoms with van der Waals surface area (Å²) in [5.74, 6) is -0.486. The number of ether oxygens (including phenoxy) is 1. The molecule has 0 fully saturated rings. The zero-order valence-electron chi connectivity index (χ0n) is 11.3. The van der Waals surface area contributed by atoms with E-state index >= 15 is 0 Å². The van der Waals surface area contributed by atoms with Gasteiger partial charge in [-0.05, 0) is 23.6 Å². The lowest BCUT2D eigenvalue weighted by Gasteiger charge is -2.07. The third kappa shape index (κ3) is 3.91. The van der Waals surface area contributed by atoms with Gasteiger partial charge in [-0.1, -0.05) is 25.5 Å². The molecule has 0 bridgehead atoms. The smallest absolute Gasteiger partial charge is 0.338 e. The topological polar surface area (TPSA) is 69.4 Å². The quantitative estimate of drug-likeness (QED) is 0.465. The zero-order valence-corrected chi connectivity index (χ0v) is 11.3. The Balaban J connectivity index is 3.27. The van der Waals surface area contributed by atoms with Gasteiger partial charge in [-0.3, -0.25) is 10.1 Å². The first-order valence-electron chi connectivity index (χ1n) is 6.03. The van der Waals surface area contributed by atoms with Crippen molar-refractivity contribution >= 4 is 12.0 Å². The maximum atomic E-state index is 11.7. The van der Waals surface area contributed by atoms with Gasteiger partial charge in [0, 0.05) is 13.0 Å². The molecule has 1 rings (SSSR count). The fourth-order valence-electron chi connectivity index (χ4n) is 1.74. The van der Waals surface area contributed by atoms with Crippen molar-refractivity contribution in [3.05, 3.63) is 50.7 Å². The Morgan fingerprint density at radius 1 is 1.47 bits per heavy atom. The van der Waals surface area contributed by atoms with E-state index < -0.39 is 10.9 Å². The highest BCUT2D eigenvalue weighted by Crippen LogP contribution is 2.18. The number of carbonyl (C=O) groups is 1. The van der Waals surface area contributed by atoms with Gasteiger partial charge < -0.3 is 4.74 Å². The largest absolute Gasteiger partial charge is 0.465 e. The maximum Gasteiger partial charge on any atom is 0.338 e. The molecule has 0 unspecified atom stereocenters. The van der Waals surface area contributed by atoms with E-state index in [1.807, 2.05) is 13.0 Å². The Hall–Kier alpha value is -2.17. The van der Waals surface area contributed by atoms with Crippen LogP contribution in [0.5, 0.6) is 0 Å². The highest BCUT2D eigenvalue weighted by atomic mass is 16.6. The molecule has 0 N–H and O–H groups in total. The number of allylic oxidation sites excluding steroid dienone is 1. The van der Waals surface area contributed by atoms with Crippen molar-refractivity contribution in [1.82, 2.24) is 0 Å². The fourth-order valence-corrected chi connectivity index (χ4v) is 1.74. The molecule has 0 aliphatic heterocycles. The molecular weight excluding hydrogens is 246 g/mol. The number of methoxy groups -OCH3 is 1. The number of hydrogen-bond acceptors (Lipinski definition) is 4. The van der Waals surface area contributed by atoms with E-state index in [4.69, 9.17) is 4.74 Å². The number of nitro groups is 1. The Bertz CT molecular complexity index is 520. The van der Waals surface area contributed by atoms with E-state index in [9.17, 15) is 14.9 Å². The van der Waals surface area contributed by atoms with E-state index in [-0.39, 0.29) is 5.70 Å². The molecule has 0 aliphatic rings. The van der Waals surface area contributed by atoms with Crippen LogP contribution in [0.2, 0.25) is 0 Å². The van der Waals surface area contributed by atoms with Crippen LogP contribution in [0, 0.1) is 10.1 Å². The molecule has 0 aromatic heterocycles. The van der Waals surface area contributed by atoms with Crippen molar-refractivity contribution in [2.24, 2.45) is 0 Å². The third-order valence-corrected chi connectivity index (χ3v) is 2.71. The monoisotopic (exact) mass is 263 g/mol. The van der Waals surface area contributed by atoms with Crippen LogP contribution >= 0.6 is 0 Å². The number of benzene rings is 1. The number of esters is 1. The normalized spacial score (nSPS) is 11.2. The minimum atomic E-state index is -0.486. The van der Waals surface area contributed by atoms with E-state index in [2.05, 4.69) is 0 Å². The summed E-state index contributed by atoms with van der Waals surface area (Å²) in [5.41, 5.74) is 1.85. The second-order valence-corrected chi connectivity index (χ2v) is 4.21. The summed E-state index contributed by atoms with van der Waals surface area (Å²) in [6.07, 6.45) is 3.19. The first kappa shape index (κ1) is 14.9. The second-order valence-electron chi connectivity index (χ2n) is 4.21. The Morgan fingerprint density at radius 3 is 2.68 bits per heavy atom. The average molecular weight is 263 g/mol. The van der Waals surface area contributed by atoms with E-state index in [1.54, 1.807) is 12.1 Å². The lowest BCUT2D eigenvalue weighted by Crippen LogP contribution is -2.05. The number of rotatable bonds is 5.